The molecule has 32 heavy (non-hydrogen) atoms. The Morgan fingerprint density at radius 1 is 1.00 bits per heavy atom. The predicted molar refractivity (Wildman–Crippen MR) is 112 cm³/mol. The summed E-state index contributed by atoms with van der Waals surface area (Å²) in [4.78, 5) is 28.1. The smallest absolute Gasteiger partial charge is 0.416 e. The molecule has 4 rings (SSSR count). The molecule has 3 aromatic rings. The minimum absolute atomic E-state index is 0.363. The highest BCUT2D eigenvalue weighted by Gasteiger charge is 2.31. The Hall–Kier alpha value is -3.60. The van der Waals surface area contributed by atoms with Gasteiger partial charge in [0.2, 0.25) is 0 Å². The summed E-state index contributed by atoms with van der Waals surface area (Å²) in [5.41, 5.74) is 1.30. The van der Waals surface area contributed by atoms with Gasteiger partial charge in [0.15, 0.2) is 5.82 Å². The van der Waals surface area contributed by atoms with Crippen LogP contribution in [0.4, 0.5) is 19.0 Å². The van der Waals surface area contributed by atoms with Crippen molar-refractivity contribution in [2.75, 3.05) is 38.1 Å². The zero-order valence-corrected chi connectivity index (χ0v) is 17.1. The first-order chi connectivity index (χ1) is 15.1. The van der Waals surface area contributed by atoms with Crippen molar-refractivity contribution in [1.82, 2.24) is 14.3 Å². The second kappa shape index (κ2) is 9.27. The fourth-order valence-corrected chi connectivity index (χ4v) is 3.33. The number of benzene rings is 1. The molecule has 0 aliphatic carbocycles. The van der Waals surface area contributed by atoms with Crippen LogP contribution in [0.5, 0.6) is 0 Å². The van der Waals surface area contributed by atoms with Crippen molar-refractivity contribution in [2.24, 2.45) is 0 Å². The molecular weight excluding hydrogens is 429 g/mol. The molecule has 1 saturated heterocycles. The van der Waals surface area contributed by atoms with E-state index >= 15 is 0 Å². The van der Waals surface area contributed by atoms with Crippen molar-refractivity contribution in [1.29, 1.82) is 0 Å². The Morgan fingerprint density at radius 2 is 1.62 bits per heavy atom. The first-order valence-electron chi connectivity index (χ1n) is 9.61. The fourth-order valence-electron chi connectivity index (χ4n) is 3.33. The number of hydrogen-bond donors (Lipinski definition) is 2. The molecule has 8 nitrogen and oxygen atoms in total. The van der Waals surface area contributed by atoms with E-state index in [1.807, 2.05) is 22.7 Å². The van der Waals surface area contributed by atoms with Gasteiger partial charge in [-0.05, 0) is 37.4 Å². The van der Waals surface area contributed by atoms with E-state index in [-0.39, 0.29) is 0 Å². The maximum Gasteiger partial charge on any atom is 0.416 e. The first-order valence-corrected chi connectivity index (χ1v) is 9.61. The van der Waals surface area contributed by atoms with Crippen LogP contribution in [0.1, 0.15) is 5.56 Å². The molecule has 1 aliphatic rings. The highest BCUT2D eigenvalue weighted by atomic mass is 19.4. The lowest BCUT2D eigenvalue weighted by Gasteiger charge is -2.33. The highest BCUT2D eigenvalue weighted by Crippen LogP contribution is 2.33. The van der Waals surface area contributed by atoms with Gasteiger partial charge < -0.3 is 24.4 Å². The molecule has 170 valence electrons. The van der Waals surface area contributed by atoms with Crippen molar-refractivity contribution in [3.8, 4) is 0 Å². The monoisotopic (exact) mass is 450 g/mol. The maximum absolute atomic E-state index is 13.0. The summed E-state index contributed by atoms with van der Waals surface area (Å²) in [5.74, 6) is -1.76. The second-order valence-corrected chi connectivity index (χ2v) is 7.20. The lowest BCUT2D eigenvalue weighted by molar-refractivity contribution is -0.137. The molecule has 1 fully saturated rings. The Kier molecular flexibility index (Phi) is 6.68. The molecule has 0 spiro atoms. The molecule has 0 unspecified atom stereocenters. The van der Waals surface area contributed by atoms with E-state index < -0.39 is 23.7 Å². The van der Waals surface area contributed by atoms with Gasteiger partial charge in [0.25, 0.3) is 0 Å². The number of aliphatic carboxylic acids is 2. The topological polar surface area (TPSA) is 98.4 Å². The SMILES string of the molecule is CN1CCN(c2nc3cc(C(F)(F)F)ccc3n3cccc23)CC1.O=C(O)/C=C\C(=O)O. The van der Waals surface area contributed by atoms with Gasteiger partial charge in [-0.1, -0.05) is 0 Å². The number of carboxylic acid groups (broad SMARTS) is 2. The van der Waals surface area contributed by atoms with Crippen molar-refractivity contribution in [3.63, 3.8) is 0 Å². The van der Waals surface area contributed by atoms with Crippen molar-refractivity contribution in [2.45, 2.75) is 6.18 Å². The number of anilines is 1. The Balaban J connectivity index is 0.000000312. The number of carboxylic acids is 2. The summed E-state index contributed by atoms with van der Waals surface area (Å²) in [6.07, 6.45) is -1.38. The molecule has 0 radical (unpaired) electrons. The predicted octanol–water partition coefficient (Wildman–Crippen LogP) is 2.97. The van der Waals surface area contributed by atoms with Gasteiger partial charge in [-0.3, -0.25) is 0 Å². The molecule has 11 heteroatoms. The molecule has 0 saturated carbocycles. The second-order valence-electron chi connectivity index (χ2n) is 7.20. The van der Waals surface area contributed by atoms with Crippen LogP contribution < -0.4 is 4.90 Å². The van der Waals surface area contributed by atoms with E-state index in [9.17, 15) is 22.8 Å². The van der Waals surface area contributed by atoms with Gasteiger partial charge in [-0.15, -0.1) is 0 Å². The van der Waals surface area contributed by atoms with E-state index in [0.717, 1.165) is 49.6 Å². The Morgan fingerprint density at radius 3 is 2.19 bits per heavy atom. The lowest BCUT2D eigenvalue weighted by Crippen LogP contribution is -2.45. The summed E-state index contributed by atoms with van der Waals surface area (Å²) in [5, 5.41) is 15.6. The van der Waals surface area contributed by atoms with Gasteiger partial charge in [-0.2, -0.15) is 13.2 Å². The van der Waals surface area contributed by atoms with E-state index in [0.29, 0.717) is 23.2 Å². The van der Waals surface area contributed by atoms with Crippen LogP contribution in [0.25, 0.3) is 16.6 Å². The zero-order valence-electron chi connectivity index (χ0n) is 17.1. The number of likely N-dealkylation sites (N-methyl/N-ethyl adjacent to an activating group) is 1. The standard InChI is InChI=1S/C17H17F3N4.C4H4O4/c1-22-7-9-23(10-8-22)16-15-3-2-6-24(15)14-5-4-12(17(18,19)20)11-13(14)21-16;5-3(6)1-2-4(7)8/h2-6,11H,7-10H2,1H3;1-2H,(H,5,6)(H,7,8)/b;2-1-. The summed E-state index contributed by atoms with van der Waals surface area (Å²) in [6, 6.07) is 7.59. The van der Waals surface area contributed by atoms with Crippen LogP contribution >= 0.6 is 0 Å². The van der Waals surface area contributed by atoms with Crippen molar-refractivity contribution < 1.29 is 33.0 Å². The normalized spacial score (nSPS) is 15.2. The van der Waals surface area contributed by atoms with Gasteiger partial charge >= 0.3 is 18.1 Å². The average Bonchev–Trinajstić information content (AvgIpc) is 3.22. The molecule has 0 bridgehead atoms. The quantitative estimate of drug-likeness (QED) is 0.592. The van der Waals surface area contributed by atoms with Crippen LogP contribution in [0.15, 0.2) is 48.7 Å². The maximum atomic E-state index is 13.0. The minimum Gasteiger partial charge on any atom is -0.478 e. The number of rotatable bonds is 3. The first kappa shape index (κ1) is 23.1. The van der Waals surface area contributed by atoms with Crippen LogP contribution in [-0.4, -0.2) is 69.7 Å². The molecular formula is C21H21F3N4O4. The molecule has 0 atom stereocenters. The number of fused-ring (bicyclic) bond motifs is 3. The van der Waals surface area contributed by atoms with Gasteiger partial charge in [0.05, 0.1) is 22.1 Å². The van der Waals surface area contributed by atoms with Gasteiger partial charge in [0.1, 0.15) is 0 Å². The number of halogens is 3. The summed E-state index contributed by atoms with van der Waals surface area (Å²) >= 11 is 0. The molecule has 1 aliphatic heterocycles. The van der Waals surface area contributed by atoms with Crippen LogP contribution in [-0.2, 0) is 15.8 Å². The largest absolute Gasteiger partial charge is 0.478 e. The molecule has 1 aromatic carbocycles. The van der Waals surface area contributed by atoms with Gasteiger partial charge in [-0.25, -0.2) is 14.6 Å². The van der Waals surface area contributed by atoms with Crippen LogP contribution in [0, 0.1) is 0 Å². The van der Waals surface area contributed by atoms with Crippen LogP contribution in [0.3, 0.4) is 0 Å². The third kappa shape index (κ3) is 5.35. The minimum atomic E-state index is -4.37. The number of nitrogens with zero attached hydrogens (tertiary/aromatic N) is 4. The fraction of sp³-hybridized carbons (Fsp3) is 0.286. The Bertz CT molecular complexity index is 1150. The lowest BCUT2D eigenvalue weighted by atomic mass is 10.2. The molecule has 2 aromatic heterocycles. The van der Waals surface area contributed by atoms with Crippen molar-refractivity contribution >= 4 is 34.3 Å². The number of carbonyl (C=O) groups is 2. The van der Waals surface area contributed by atoms with Crippen molar-refractivity contribution in [3.05, 3.63) is 54.2 Å². The molecule has 0 amide bonds. The molecule has 2 N–H and O–H groups in total. The van der Waals surface area contributed by atoms with E-state index in [4.69, 9.17) is 10.2 Å². The van der Waals surface area contributed by atoms with E-state index in [1.54, 1.807) is 0 Å². The third-order valence-corrected chi connectivity index (χ3v) is 4.94. The number of hydrogen-bond acceptors (Lipinski definition) is 5. The van der Waals surface area contributed by atoms with E-state index in [2.05, 4.69) is 21.8 Å². The van der Waals surface area contributed by atoms with Gasteiger partial charge in [0, 0.05) is 44.5 Å². The zero-order chi connectivity index (χ0) is 23.5. The summed E-state index contributed by atoms with van der Waals surface area (Å²) < 4.78 is 41.0. The highest BCUT2D eigenvalue weighted by molar-refractivity contribution is 5.89. The summed E-state index contributed by atoms with van der Waals surface area (Å²) in [6.45, 7) is 3.45. The van der Waals surface area contributed by atoms with E-state index in [1.165, 1.54) is 6.07 Å². The number of piperazine rings is 1. The number of alkyl halides is 3. The number of aromatic nitrogens is 2. The third-order valence-electron chi connectivity index (χ3n) is 4.94. The summed E-state index contributed by atoms with van der Waals surface area (Å²) in [7, 11) is 2.06. The molecule has 3 heterocycles. The Labute approximate surface area is 180 Å². The van der Waals surface area contributed by atoms with Crippen LogP contribution in [0.2, 0.25) is 0 Å². The average molecular weight is 450 g/mol.